The van der Waals surface area contributed by atoms with Gasteiger partial charge in [-0.05, 0) is 40.9 Å². The van der Waals surface area contributed by atoms with Gasteiger partial charge in [-0.1, -0.05) is 12.1 Å². The number of carboxylic acids is 2. The van der Waals surface area contributed by atoms with Crippen LogP contribution in [0.3, 0.4) is 0 Å². The average molecular weight is 344 g/mol. The lowest BCUT2D eigenvalue weighted by Gasteiger charge is -2.14. The molecule has 0 saturated carbocycles. The molecule has 20 heavy (non-hydrogen) atoms. The molecule has 1 rings (SSSR count). The van der Waals surface area contributed by atoms with Gasteiger partial charge in [0.2, 0.25) is 0 Å². The van der Waals surface area contributed by atoms with Gasteiger partial charge in [-0.25, -0.2) is 4.79 Å². The fourth-order valence-electron chi connectivity index (χ4n) is 1.58. The summed E-state index contributed by atoms with van der Waals surface area (Å²) in [6.45, 7) is 1.81. The maximum absolute atomic E-state index is 12.0. The van der Waals surface area contributed by atoms with E-state index >= 15 is 0 Å². The van der Waals surface area contributed by atoms with Crippen LogP contribution in [0.5, 0.6) is 0 Å². The minimum absolute atomic E-state index is 0.167. The second-order valence-electron chi connectivity index (χ2n) is 4.23. The summed E-state index contributed by atoms with van der Waals surface area (Å²) in [4.78, 5) is 33.5. The second kappa shape index (κ2) is 7.04. The Morgan fingerprint density at radius 2 is 1.95 bits per heavy atom. The molecule has 108 valence electrons. The summed E-state index contributed by atoms with van der Waals surface area (Å²) in [5, 5.41) is 19.9. The number of carboxylic acid groups (broad SMARTS) is 2. The molecule has 7 heteroatoms. The van der Waals surface area contributed by atoms with E-state index in [-0.39, 0.29) is 12.8 Å². The fraction of sp³-hybridized carbons (Fsp3) is 0.308. The van der Waals surface area contributed by atoms with Gasteiger partial charge in [0.1, 0.15) is 6.04 Å². The van der Waals surface area contributed by atoms with E-state index in [1.807, 2.05) is 0 Å². The van der Waals surface area contributed by atoms with Crippen molar-refractivity contribution in [2.75, 3.05) is 0 Å². The third-order valence-corrected chi connectivity index (χ3v) is 3.74. The number of hydrogen-bond acceptors (Lipinski definition) is 3. The molecule has 1 aromatic rings. The van der Waals surface area contributed by atoms with Gasteiger partial charge in [0, 0.05) is 10.9 Å². The Morgan fingerprint density at radius 3 is 2.50 bits per heavy atom. The summed E-state index contributed by atoms with van der Waals surface area (Å²) in [7, 11) is 0. The number of nitrogens with one attached hydrogen (secondary N) is 1. The molecular formula is C13H14BrNO5. The van der Waals surface area contributed by atoms with Crippen molar-refractivity contribution in [3.05, 3.63) is 33.8 Å². The molecule has 0 aliphatic carbocycles. The van der Waals surface area contributed by atoms with Crippen LogP contribution in [0, 0.1) is 6.92 Å². The van der Waals surface area contributed by atoms with Gasteiger partial charge >= 0.3 is 11.9 Å². The molecule has 0 radical (unpaired) electrons. The summed E-state index contributed by atoms with van der Waals surface area (Å²) in [6, 6.07) is 3.82. The monoisotopic (exact) mass is 343 g/mol. The van der Waals surface area contributed by atoms with Gasteiger partial charge in [0.25, 0.3) is 5.91 Å². The van der Waals surface area contributed by atoms with Gasteiger partial charge in [-0.3, -0.25) is 9.59 Å². The quantitative estimate of drug-likeness (QED) is 0.730. The molecule has 1 atom stereocenters. The molecule has 0 spiro atoms. The highest BCUT2D eigenvalue weighted by atomic mass is 79.9. The summed E-state index contributed by atoms with van der Waals surface area (Å²) >= 11 is 3.27. The third-order valence-electron chi connectivity index (χ3n) is 2.69. The highest BCUT2D eigenvalue weighted by Gasteiger charge is 2.22. The lowest BCUT2D eigenvalue weighted by atomic mass is 10.1. The van der Waals surface area contributed by atoms with E-state index in [1.165, 1.54) is 0 Å². The Morgan fingerprint density at radius 1 is 1.30 bits per heavy atom. The lowest BCUT2D eigenvalue weighted by Crippen LogP contribution is -2.41. The van der Waals surface area contributed by atoms with Gasteiger partial charge in [0.05, 0.1) is 5.56 Å². The van der Waals surface area contributed by atoms with E-state index < -0.39 is 23.9 Å². The molecule has 3 N–H and O–H groups in total. The zero-order valence-corrected chi connectivity index (χ0v) is 12.3. The largest absolute Gasteiger partial charge is 0.481 e. The number of rotatable bonds is 6. The SMILES string of the molecule is Cc1cccc(C(=O)NC(CCC(=O)O)C(=O)O)c1Br. The van der Waals surface area contributed by atoms with Gasteiger partial charge in [0.15, 0.2) is 0 Å². The number of aliphatic carboxylic acids is 2. The first kappa shape index (κ1) is 16.2. The van der Waals surface area contributed by atoms with Crippen LogP contribution in [-0.4, -0.2) is 34.1 Å². The van der Waals surface area contributed by atoms with Crippen molar-refractivity contribution in [2.24, 2.45) is 0 Å². The van der Waals surface area contributed by atoms with E-state index in [0.717, 1.165) is 5.56 Å². The number of aryl methyl sites for hydroxylation is 1. The van der Waals surface area contributed by atoms with Gasteiger partial charge in [-0.2, -0.15) is 0 Å². The summed E-state index contributed by atoms with van der Waals surface area (Å²) < 4.78 is 0.583. The molecule has 0 saturated heterocycles. The first-order chi connectivity index (χ1) is 9.32. The Labute approximate surface area is 123 Å². The summed E-state index contributed by atoms with van der Waals surface area (Å²) in [5.41, 5.74) is 1.15. The van der Waals surface area contributed by atoms with Crippen LogP contribution in [-0.2, 0) is 9.59 Å². The van der Waals surface area contributed by atoms with Crippen LogP contribution < -0.4 is 5.32 Å². The zero-order valence-electron chi connectivity index (χ0n) is 10.7. The van der Waals surface area contributed by atoms with Crippen molar-refractivity contribution in [1.29, 1.82) is 0 Å². The van der Waals surface area contributed by atoms with Crippen molar-refractivity contribution in [3.8, 4) is 0 Å². The van der Waals surface area contributed by atoms with Crippen LogP contribution in [0.4, 0.5) is 0 Å². The van der Waals surface area contributed by atoms with Crippen molar-refractivity contribution in [3.63, 3.8) is 0 Å². The van der Waals surface area contributed by atoms with E-state index in [1.54, 1.807) is 25.1 Å². The van der Waals surface area contributed by atoms with Crippen molar-refractivity contribution in [2.45, 2.75) is 25.8 Å². The number of halogens is 1. The fourth-order valence-corrected chi connectivity index (χ4v) is 2.03. The second-order valence-corrected chi connectivity index (χ2v) is 5.03. The Balaban J connectivity index is 2.83. The molecule has 0 aliphatic rings. The van der Waals surface area contributed by atoms with Gasteiger partial charge < -0.3 is 15.5 Å². The maximum atomic E-state index is 12.0. The van der Waals surface area contributed by atoms with Crippen LogP contribution in [0.25, 0.3) is 0 Å². The third kappa shape index (κ3) is 4.34. The Hall–Kier alpha value is -1.89. The number of benzene rings is 1. The van der Waals surface area contributed by atoms with E-state index in [4.69, 9.17) is 10.2 Å². The van der Waals surface area contributed by atoms with E-state index in [0.29, 0.717) is 10.0 Å². The number of carbonyl (C=O) groups is 3. The predicted molar refractivity (Wildman–Crippen MR) is 74.6 cm³/mol. The predicted octanol–water partition coefficient (Wildman–Crippen LogP) is 1.81. The van der Waals surface area contributed by atoms with Crippen molar-refractivity contribution < 1.29 is 24.6 Å². The topological polar surface area (TPSA) is 104 Å². The van der Waals surface area contributed by atoms with Crippen molar-refractivity contribution >= 4 is 33.8 Å². The molecule has 0 bridgehead atoms. The molecule has 0 aromatic heterocycles. The first-order valence-electron chi connectivity index (χ1n) is 5.83. The highest BCUT2D eigenvalue weighted by molar-refractivity contribution is 9.10. The number of carbonyl (C=O) groups excluding carboxylic acids is 1. The molecule has 0 aliphatic heterocycles. The van der Waals surface area contributed by atoms with Gasteiger partial charge in [-0.15, -0.1) is 0 Å². The average Bonchev–Trinajstić information content (AvgIpc) is 2.36. The van der Waals surface area contributed by atoms with E-state index in [2.05, 4.69) is 21.2 Å². The molecule has 0 heterocycles. The first-order valence-corrected chi connectivity index (χ1v) is 6.62. The van der Waals surface area contributed by atoms with E-state index in [9.17, 15) is 14.4 Å². The van der Waals surface area contributed by atoms with Crippen LogP contribution >= 0.6 is 15.9 Å². The normalized spacial score (nSPS) is 11.7. The smallest absolute Gasteiger partial charge is 0.326 e. The number of hydrogen-bond donors (Lipinski definition) is 3. The van der Waals surface area contributed by atoms with Crippen LogP contribution in [0.1, 0.15) is 28.8 Å². The molecule has 1 unspecified atom stereocenters. The Kier molecular flexibility index (Phi) is 5.69. The molecule has 1 aromatic carbocycles. The van der Waals surface area contributed by atoms with Crippen molar-refractivity contribution in [1.82, 2.24) is 5.32 Å². The standard InChI is InChI=1S/C13H14BrNO5/c1-7-3-2-4-8(11(7)14)12(18)15-9(13(19)20)5-6-10(16)17/h2-4,9H,5-6H2,1H3,(H,15,18)(H,16,17)(H,19,20). The van der Waals surface area contributed by atoms with Crippen LogP contribution in [0.2, 0.25) is 0 Å². The number of amides is 1. The zero-order chi connectivity index (χ0) is 15.3. The molecule has 0 fully saturated rings. The molecule has 6 nitrogen and oxygen atoms in total. The molecular weight excluding hydrogens is 330 g/mol. The minimum Gasteiger partial charge on any atom is -0.481 e. The minimum atomic E-state index is -1.26. The maximum Gasteiger partial charge on any atom is 0.326 e. The summed E-state index contributed by atoms with van der Waals surface area (Å²) in [5.74, 6) is -2.93. The van der Waals surface area contributed by atoms with Crippen LogP contribution in [0.15, 0.2) is 22.7 Å². The highest BCUT2D eigenvalue weighted by Crippen LogP contribution is 2.21. The lowest BCUT2D eigenvalue weighted by molar-refractivity contribution is -0.140. The summed E-state index contributed by atoms with van der Waals surface area (Å²) in [6.07, 6.45) is -0.494. The Bertz CT molecular complexity index is 544. The molecule has 1 amide bonds.